The van der Waals surface area contributed by atoms with Crippen LogP contribution in [0.25, 0.3) is 0 Å². The molecule has 1 heterocycles. The third kappa shape index (κ3) is 2.86. The highest BCUT2D eigenvalue weighted by molar-refractivity contribution is 9.10. The fourth-order valence-corrected chi connectivity index (χ4v) is 1.79. The first-order valence-electron chi connectivity index (χ1n) is 5.03. The minimum atomic E-state index is 0.259. The van der Waals surface area contributed by atoms with Gasteiger partial charge in [0.15, 0.2) is 0 Å². The van der Waals surface area contributed by atoms with Gasteiger partial charge in [0.25, 0.3) is 0 Å². The van der Waals surface area contributed by atoms with Crippen LogP contribution in [0, 0.1) is 0 Å². The number of anilines is 1. The number of hydrogen-bond donors (Lipinski definition) is 1. The Bertz CT molecular complexity index is 578. The number of benzene rings is 1. The number of nitrogen functional groups attached to an aromatic ring is 1. The Morgan fingerprint density at radius 2 is 2.06 bits per heavy atom. The quantitative estimate of drug-likeness (QED) is 0.928. The second-order valence-corrected chi connectivity index (χ2v) is 4.75. The van der Waals surface area contributed by atoms with Crippen molar-refractivity contribution in [2.24, 2.45) is 0 Å². The zero-order chi connectivity index (χ0) is 13.1. The van der Waals surface area contributed by atoms with Gasteiger partial charge in [0, 0.05) is 10.5 Å². The van der Waals surface area contributed by atoms with Crippen molar-refractivity contribution in [3.63, 3.8) is 0 Å². The van der Waals surface area contributed by atoms with Gasteiger partial charge in [0.2, 0.25) is 11.8 Å². The molecule has 0 amide bonds. The number of nitrogens with zero attached hydrogens (tertiary/aromatic N) is 1. The molecular weight excluding hydrogens is 320 g/mol. The second-order valence-electron chi connectivity index (χ2n) is 3.42. The predicted octanol–water partition coefficient (Wildman–Crippen LogP) is 3.88. The Morgan fingerprint density at radius 1 is 1.28 bits per heavy atom. The molecule has 0 spiro atoms. The van der Waals surface area contributed by atoms with Crippen LogP contribution in [-0.2, 0) is 0 Å². The summed E-state index contributed by atoms with van der Waals surface area (Å²) in [5, 5.41) is 0.474. The minimum Gasteiger partial charge on any atom is -0.481 e. The maximum atomic E-state index is 6.03. The van der Waals surface area contributed by atoms with Crippen LogP contribution in [0.2, 0.25) is 5.02 Å². The first kappa shape index (κ1) is 13.0. The highest BCUT2D eigenvalue weighted by Gasteiger charge is 2.09. The Kier molecular flexibility index (Phi) is 3.93. The third-order valence-electron chi connectivity index (χ3n) is 2.17. The van der Waals surface area contributed by atoms with Gasteiger partial charge in [-0.05, 0) is 24.3 Å². The SMILES string of the molecule is COc1ccc(N)c(Oc2cc(Br)ccc2Cl)n1. The van der Waals surface area contributed by atoms with Crippen molar-refractivity contribution in [1.29, 1.82) is 0 Å². The number of pyridine rings is 1. The van der Waals surface area contributed by atoms with Crippen molar-refractivity contribution in [1.82, 2.24) is 4.98 Å². The summed E-state index contributed by atoms with van der Waals surface area (Å²) in [6.45, 7) is 0. The molecule has 2 rings (SSSR count). The van der Waals surface area contributed by atoms with Crippen molar-refractivity contribution in [2.75, 3.05) is 12.8 Å². The van der Waals surface area contributed by atoms with Crippen LogP contribution in [0.5, 0.6) is 17.5 Å². The molecule has 6 heteroatoms. The number of methoxy groups -OCH3 is 1. The molecule has 0 saturated heterocycles. The van der Waals surface area contributed by atoms with Gasteiger partial charge in [0.1, 0.15) is 5.75 Å². The molecule has 94 valence electrons. The smallest absolute Gasteiger partial charge is 0.246 e. The predicted molar refractivity (Wildman–Crippen MR) is 74.4 cm³/mol. The first-order chi connectivity index (χ1) is 8.60. The van der Waals surface area contributed by atoms with Crippen LogP contribution in [0.1, 0.15) is 0 Å². The number of rotatable bonds is 3. The summed E-state index contributed by atoms with van der Waals surface area (Å²) in [5.74, 6) is 1.15. The van der Waals surface area contributed by atoms with E-state index in [0.29, 0.717) is 22.3 Å². The lowest BCUT2D eigenvalue weighted by atomic mass is 10.3. The van der Waals surface area contributed by atoms with Gasteiger partial charge in [-0.1, -0.05) is 27.5 Å². The van der Waals surface area contributed by atoms with Crippen molar-refractivity contribution < 1.29 is 9.47 Å². The van der Waals surface area contributed by atoms with E-state index in [2.05, 4.69) is 20.9 Å². The van der Waals surface area contributed by atoms with E-state index in [9.17, 15) is 0 Å². The fourth-order valence-electron chi connectivity index (χ4n) is 1.29. The molecule has 0 aliphatic heterocycles. The lowest BCUT2D eigenvalue weighted by Gasteiger charge is -2.10. The number of hydrogen-bond acceptors (Lipinski definition) is 4. The molecule has 0 saturated carbocycles. The largest absolute Gasteiger partial charge is 0.481 e. The summed E-state index contributed by atoms with van der Waals surface area (Å²) in [5.41, 5.74) is 6.19. The zero-order valence-electron chi connectivity index (χ0n) is 9.48. The summed E-state index contributed by atoms with van der Waals surface area (Å²) in [4.78, 5) is 4.11. The van der Waals surface area contributed by atoms with E-state index >= 15 is 0 Å². The van der Waals surface area contributed by atoms with Crippen molar-refractivity contribution in [3.05, 3.63) is 39.8 Å². The topological polar surface area (TPSA) is 57.4 Å². The van der Waals surface area contributed by atoms with Gasteiger partial charge in [-0.3, -0.25) is 0 Å². The molecule has 1 aromatic heterocycles. The maximum absolute atomic E-state index is 6.03. The zero-order valence-corrected chi connectivity index (χ0v) is 11.8. The molecule has 18 heavy (non-hydrogen) atoms. The molecular formula is C12H10BrClN2O2. The summed E-state index contributed by atoms with van der Waals surface area (Å²) in [6.07, 6.45) is 0. The van der Waals surface area contributed by atoms with E-state index in [1.807, 2.05) is 6.07 Å². The molecule has 4 nitrogen and oxygen atoms in total. The Hall–Kier alpha value is -1.46. The van der Waals surface area contributed by atoms with Gasteiger partial charge in [0.05, 0.1) is 17.8 Å². The van der Waals surface area contributed by atoms with Crippen molar-refractivity contribution >= 4 is 33.2 Å². The maximum Gasteiger partial charge on any atom is 0.246 e. The number of nitrogens with two attached hydrogens (primary N) is 1. The average Bonchev–Trinajstić information content (AvgIpc) is 2.36. The van der Waals surface area contributed by atoms with Crippen LogP contribution in [-0.4, -0.2) is 12.1 Å². The van der Waals surface area contributed by atoms with Crippen LogP contribution in [0.15, 0.2) is 34.8 Å². The average molecular weight is 330 g/mol. The second kappa shape index (κ2) is 5.46. The lowest BCUT2D eigenvalue weighted by molar-refractivity contribution is 0.384. The van der Waals surface area contributed by atoms with Crippen molar-refractivity contribution in [3.8, 4) is 17.5 Å². The van der Waals surface area contributed by atoms with E-state index in [-0.39, 0.29) is 5.88 Å². The summed E-state index contributed by atoms with van der Waals surface area (Å²) in [6, 6.07) is 8.59. The molecule has 0 atom stereocenters. The number of ether oxygens (including phenoxy) is 2. The summed E-state index contributed by atoms with van der Waals surface area (Å²) in [7, 11) is 1.52. The fraction of sp³-hybridized carbons (Fsp3) is 0.0833. The molecule has 2 N–H and O–H groups in total. The van der Waals surface area contributed by atoms with Crippen LogP contribution >= 0.6 is 27.5 Å². The molecule has 0 bridgehead atoms. The van der Waals surface area contributed by atoms with E-state index < -0.39 is 0 Å². The molecule has 0 fully saturated rings. The highest BCUT2D eigenvalue weighted by atomic mass is 79.9. The van der Waals surface area contributed by atoms with Crippen LogP contribution in [0.4, 0.5) is 5.69 Å². The van der Waals surface area contributed by atoms with Gasteiger partial charge >= 0.3 is 0 Å². The monoisotopic (exact) mass is 328 g/mol. The van der Waals surface area contributed by atoms with E-state index in [0.717, 1.165) is 4.47 Å². The molecule has 0 aliphatic carbocycles. The Balaban J connectivity index is 2.36. The van der Waals surface area contributed by atoms with Crippen LogP contribution < -0.4 is 15.2 Å². The van der Waals surface area contributed by atoms with E-state index in [1.54, 1.807) is 24.3 Å². The number of halogens is 2. The molecule has 0 aliphatic rings. The normalized spacial score (nSPS) is 10.2. The minimum absolute atomic E-state index is 0.259. The Morgan fingerprint density at radius 3 is 2.78 bits per heavy atom. The standard InChI is InChI=1S/C12H10BrClN2O2/c1-17-11-5-4-9(15)12(16-11)18-10-6-7(13)2-3-8(10)14/h2-6H,15H2,1H3. The van der Waals surface area contributed by atoms with E-state index in [1.165, 1.54) is 7.11 Å². The first-order valence-corrected chi connectivity index (χ1v) is 6.20. The molecule has 0 unspecified atom stereocenters. The van der Waals surface area contributed by atoms with E-state index in [4.69, 9.17) is 26.8 Å². The van der Waals surface area contributed by atoms with Gasteiger partial charge in [-0.2, -0.15) is 4.98 Å². The van der Waals surface area contributed by atoms with Crippen LogP contribution in [0.3, 0.4) is 0 Å². The summed E-state index contributed by atoms with van der Waals surface area (Å²) >= 11 is 9.37. The molecule has 2 aromatic rings. The van der Waals surface area contributed by atoms with Gasteiger partial charge in [-0.15, -0.1) is 0 Å². The molecule has 1 aromatic carbocycles. The summed E-state index contributed by atoms with van der Waals surface area (Å²) < 4.78 is 11.4. The Labute approximate surface area is 118 Å². The molecule has 0 radical (unpaired) electrons. The third-order valence-corrected chi connectivity index (χ3v) is 2.98. The number of aromatic nitrogens is 1. The van der Waals surface area contributed by atoms with Gasteiger partial charge < -0.3 is 15.2 Å². The lowest BCUT2D eigenvalue weighted by Crippen LogP contribution is -1.97. The highest BCUT2D eigenvalue weighted by Crippen LogP contribution is 2.34. The van der Waals surface area contributed by atoms with Crippen molar-refractivity contribution in [2.45, 2.75) is 0 Å². The van der Waals surface area contributed by atoms with Gasteiger partial charge in [-0.25, -0.2) is 0 Å².